The Labute approximate surface area is 166 Å². The van der Waals surface area contributed by atoms with Gasteiger partial charge in [-0.15, -0.1) is 0 Å². The maximum atomic E-state index is 12.0. The molecule has 1 aromatic carbocycles. The van der Waals surface area contributed by atoms with Crippen LogP contribution >= 0.6 is 0 Å². The summed E-state index contributed by atoms with van der Waals surface area (Å²) in [5.74, 6) is -1.14. The Morgan fingerprint density at radius 1 is 1.14 bits per heavy atom. The van der Waals surface area contributed by atoms with E-state index < -0.39 is 42.0 Å². The van der Waals surface area contributed by atoms with Crippen LogP contribution in [0.25, 0.3) is 0 Å². The smallest absolute Gasteiger partial charge is 0.480 e. The Hall–Kier alpha value is -2.06. The summed E-state index contributed by atoms with van der Waals surface area (Å²) in [5.41, 5.74) is -0.256. The van der Waals surface area contributed by atoms with E-state index in [4.69, 9.17) is 14.0 Å². The van der Waals surface area contributed by atoms with Crippen molar-refractivity contribution in [2.75, 3.05) is 0 Å². The van der Waals surface area contributed by atoms with E-state index in [-0.39, 0.29) is 6.42 Å². The number of aliphatic carboxylic acids is 1. The predicted octanol–water partition coefficient (Wildman–Crippen LogP) is 2.51. The number of hydrogen-bond acceptors (Lipinski definition) is 5. The molecule has 1 aliphatic rings. The number of carboxylic acids is 1. The third-order valence-corrected chi connectivity index (χ3v) is 4.98. The summed E-state index contributed by atoms with van der Waals surface area (Å²) in [4.78, 5) is 23.7. The van der Waals surface area contributed by atoms with Gasteiger partial charge in [0.1, 0.15) is 11.6 Å². The molecule has 0 spiro atoms. The number of carbonyl (C=O) groups excluding carboxylic acids is 1. The van der Waals surface area contributed by atoms with Gasteiger partial charge in [-0.3, -0.25) is 0 Å². The molecule has 0 aromatic heterocycles. The Morgan fingerprint density at radius 2 is 1.68 bits per heavy atom. The van der Waals surface area contributed by atoms with E-state index in [0.29, 0.717) is 0 Å². The van der Waals surface area contributed by atoms with Crippen LogP contribution in [0, 0.1) is 0 Å². The second kappa shape index (κ2) is 7.76. The first-order valence-corrected chi connectivity index (χ1v) is 9.37. The van der Waals surface area contributed by atoms with E-state index in [2.05, 4.69) is 5.32 Å². The molecule has 0 bridgehead atoms. The maximum absolute atomic E-state index is 12.0. The highest BCUT2D eigenvalue weighted by atomic mass is 16.7. The van der Waals surface area contributed by atoms with Crippen LogP contribution in [0.3, 0.4) is 0 Å². The predicted molar refractivity (Wildman–Crippen MR) is 107 cm³/mol. The van der Waals surface area contributed by atoms with E-state index in [0.717, 1.165) is 11.0 Å². The Bertz CT molecular complexity index is 724. The highest BCUT2D eigenvalue weighted by Crippen LogP contribution is 2.36. The number of hydrogen-bond donors (Lipinski definition) is 2. The van der Waals surface area contributed by atoms with Crippen molar-refractivity contribution >= 4 is 24.6 Å². The van der Waals surface area contributed by atoms with Crippen molar-refractivity contribution in [3.63, 3.8) is 0 Å². The lowest BCUT2D eigenvalue weighted by Crippen LogP contribution is -2.46. The third kappa shape index (κ3) is 5.26. The minimum Gasteiger partial charge on any atom is -0.480 e. The van der Waals surface area contributed by atoms with E-state index in [1.165, 1.54) is 0 Å². The molecule has 154 valence electrons. The fraction of sp³-hybridized carbons (Fsp3) is 0.600. The molecule has 0 aliphatic carbocycles. The second-order valence-electron chi connectivity index (χ2n) is 9.03. The van der Waals surface area contributed by atoms with Crippen LogP contribution in [0.2, 0.25) is 0 Å². The molecular weight excluding hydrogens is 361 g/mol. The number of amides is 1. The van der Waals surface area contributed by atoms with E-state index >= 15 is 0 Å². The fourth-order valence-electron chi connectivity index (χ4n) is 2.79. The van der Waals surface area contributed by atoms with Crippen LogP contribution in [-0.2, 0) is 25.3 Å². The lowest BCUT2D eigenvalue weighted by atomic mass is 9.74. The normalized spacial score (nSPS) is 19.2. The molecule has 1 atom stereocenters. The number of nitrogens with one attached hydrogen (secondary N) is 1. The molecule has 7 nitrogen and oxygen atoms in total. The third-order valence-electron chi connectivity index (χ3n) is 4.98. The van der Waals surface area contributed by atoms with Gasteiger partial charge in [-0.1, -0.05) is 24.3 Å². The van der Waals surface area contributed by atoms with E-state index in [1.807, 2.05) is 52.0 Å². The highest BCUT2D eigenvalue weighted by molar-refractivity contribution is 6.62. The van der Waals surface area contributed by atoms with Gasteiger partial charge in [0.05, 0.1) is 11.2 Å². The quantitative estimate of drug-likeness (QED) is 0.750. The van der Waals surface area contributed by atoms with Crippen molar-refractivity contribution in [2.24, 2.45) is 0 Å². The van der Waals surface area contributed by atoms with Gasteiger partial charge in [0.25, 0.3) is 0 Å². The SMILES string of the molecule is CC(C)(C)OC(=O)N[C@@H](Cc1ccccc1B1OC(C)(C)C(C)(C)O1)C(=O)O. The first kappa shape index (κ1) is 22.2. The number of rotatable bonds is 5. The van der Waals surface area contributed by atoms with Gasteiger partial charge >= 0.3 is 19.2 Å². The zero-order valence-corrected chi connectivity index (χ0v) is 17.7. The highest BCUT2D eigenvalue weighted by Gasteiger charge is 2.52. The zero-order chi connectivity index (χ0) is 21.3. The largest absolute Gasteiger partial charge is 0.495 e. The minimum atomic E-state index is -1.14. The molecule has 1 heterocycles. The summed E-state index contributed by atoms with van der Waals surface area (Å²) in [6, 6.07) is 6.19. The molecule has 28 heavy (non-hydrogen) atoms. The molecule has 1 saturated heterocycles. The van der Waals surface area contributed by atoms with Crippen LogP contribution < -0.4 is 10.8 Å². The molecule has 1 amide bonds. The van der Waals surface area contributed by atoms with Gasteiger partial charge in [0, 0.05) is 6.42 Å². The van der Waals surface area contributed by atoms with Crippen LogP contribution in [-0.4, -0.2) is 47.1 Å². The van der Waals surface area contributed by atoms with Gasteiger partial charge in [0.15, 0.2) is 0 Å². The molecule has 0 saturated carbocycles. The monoisotopic (exact) mass is 391 g/mol. The first-order valence-electron chi connectivity index (χ1n) is 9.37. The molecule has 1 aromatic rings. The molecule has 2 rings (SSSR count). The molecule has 1 fully saturated rings. The van der Waals surface area contributed by atoms with Crippen molar-refractivity contribution in [3.05, 3.63) is 29.8 Å². The zero-order valence-electron chi connectivity index (χ0n) is 17.7. The summed E-state index contributed by atoms with van der Waals surface area (Å²) in [6.07, 6.45) is -0.692. The molecular formula is C20H30BNO6. The van der Waals surface area contributed by atoms with Crippen molar-refractivity contribution in [1.82, 2.24) is 5.32 Å². The van der Waals surface area contributed by atoms with Crippen LogP contribution in [0.4, 0.5) is 4.79 Å². The standard InChI is InChI=1S/C20H30BNO6/c1-18(2,3)26-17(25)22-15(16(23)24)12-13-10-8-9-11-14(13)21-27-19(4,5)20(6,7)28-21/h8-11,15H,12H2,1-7H3,(H,22,25)(H,23,24)/t15-/m0/s1. The van der Waals surface area contributed by atoms with Gasteiger partial charge < -0.3 is 24.5 Å². The Balaban J connectivity index is 2.21. The van der Waals surface area contributed by atoms with Gasteiger partial charge in [-0.2, -0.15) is 0 Å². The van der Waals surface area contributed by atoms with Crippen molar-refractivity contribution in [1.29, 1.82) is 0 Å². The van der Waals surface area contributed by atoms with Crippen LogP contribution in [0.1, 0.15) is 54.0 Å². The van der Waals surface area contributed by atoms with Crippen LogP contribution in [0.5, 0.6) is 0 Å². The minimum absolute atomic E-state index is 0.0782. The van der Waals surface area contributed by atoms with Gasteiger partial charge in [0.2, 0.25) is 0 Å². The Kier molecular flexibility index (Phi) is 6.16. The summed E-state index contributed by atoms with van der Waals surface area (Å²) in [6.45, 7) is 13.0. The molecule has 8 heteroatoms. The van der Waals surface area contributed by atoms with Gasteiger partial charge in [-0.25, -0.2) is 9.59 Å². The number of carboxylic acid groups (broad SMARTS) is 1. The molecule has 0 unspecified atom stereocenters. The summed E-state index contributed by atoms with van der Waals surface area (Å²) >= 11 is 0. The number of alkyl carbamates (subject to hydrolysis) is 1. The van der Waals surface area contributed by atoms with Crippen molar-refractivity contribution in [3.8, 4) is 0 Å². The lowest BCUT2D eigenvalue weighted by molar-refractivity contribution is -0.139. The maximum Gasteiger partial charge on any atom is 0.495 e. The number of ether oxygens (including phenoxy) is 1. The van der Waals surface area contributed by atoms with Crippen molar-refractivity contribution < 1.29 is 28.7 Å². The number of carbonyl (C=O) groups is 2. The van der Waals surface area contributed by atoms with E-state index in [1.54, 1.807) is 20.8 Å². The van der Waals surface area contributed by atoms with Crippen LogP contribution in [0.15, 0.2) is 24.3 Å². The average Bonchev–Trinajstić information content (AvgIpc) is 2.73. The molecule has 2 N–H and O–H groups in total. The Morgan fingerprint density at radius 3 is 2.18 bits per heavy atom. The second-order valence-corrected chi connectivity index (χ2v) is 9.03. The fourth-order valence-corrected chi connectivity index (χ4v) is 2.79. The first-order chi connectivity index (χ1) is 12.7. The topological polar surface area (TPSA) is 94.1 Å². The number of benzene rings is 1. The van der Waals surface area contributed by atoms with E-state index in [9.17, 15) is 14.7 Å². The summed E-state index contributed by atoms with van der Waals surface area (Å²) in [5, 5.41) is 12.0. The van der Waals surface area contributed by atoms with Crippen molar-refractivity contribution in [2.45, 2.75) is 77.7 Å². The molecule has 0 radical (unpaired) electrons. The summed E-state index contributed by atoms with van der Waals surface area (Å²) in [7, 11) is -0.614. The lowest BCUT2D eigenvalue weighted by Gasteiger charge is -2.32. The molecule has 1 aliphatic heterocycles. The average molecular weight is 391 g/mol. The summed E-state index contributed by atoms with van der Waals surface area (Å²) < 4.78 is 17.4. The van der Waals surface area contributed by atoms with Gasteiger partial charge in [-0.05, 0) is 59.5 Å².